The summed E-state index contributed by atoms with van der Waals surface area (Å²) in [5, 5.41) is 10.4. The van der Waals surface area contributed by atoms with Gasteiger partial charge in [-0.3, -0.25) is 14.4 Å². The summed E-state index contributed by atoms with van der Waals surface area (Å²) in [5.74, 6) is -0.967. The Kier molecular flexibility index (Phi) is 9.34. The fraction of sp³-hybridized carbons (Fsp3) is 0.0833. The van der Waals surface area contributed by atoms with E-state index in [1.807, 2.05) is 105 Å². The predicted octanol–water partition coefficient (Wildman–Crippen LogP) is 7.68. The Hall–Kier alpha value is -5.14. The molecule has 0 aliphatic heterocycles. The maximum Gasteiger partial charge on any atom is 0.272 e. The molecule has 5 aromatic rings. The minimum Gasteiger partial charge on any atom is -0.325 e. The van der Waals surface area contributed by atoms with Gasteiger partial charge in [0.1, 0.15) is 5.70 Å². The Morgan fingerprint density at radius 2 is 1.44 bits per heavy atom. The molecule has 0 bridgehead atoms. The molecule has 0 aliphatic carbocycles. The van der Waals surface area contributed by atoms with Crippen LogP contribution in [0.15, 0.2) is 132 Å². The Morgan fingerprint density at radius 1 is 0.744 bits per heavy atom. The molecule has 3 N–H and O–H groups in total. The third kappa shape index (κ3) is 7.58. The van der Waals surface area contributed by atoms with E-state index in [1.165, 1.54) is 11.8 Å². The molecule has 0 saturated carbocycles. The standard InChI is InChI=1S/C36H31N3O3S/c1-24-12-6-7-16-28(24)22-33(39-35(41)27-14-4-3-5-15-27)36(42)37-29-18-11-19-30(23-29)43-25(2)34(40)38-32-21-10-17-26-13-8-9-20-31(26)32/h3-23,25H,1-2H3,(H,37,42)(H,38,40)(H,39,41)/b33-22-. The molecule has 1 unspecified atom stereocenters. The lowest BCUT2D eigenvalue weighted by Gasteiger charge is -2.15. The summed E-state index contributed by atoms with van der Waals surface area (Å²) in [6.07, 6.45) is 1.67. The van der Waals surface area contributed by atoms with Gasteiger partial charge in [0, 0.05) is 27.2 Å². The van der Waals surface area contributed by atoms with Gasteiger partial charge in [0.15, 0.2) is 0 Å². The summed E-state index contributed by atoms with van der Waals surface area (Å²) in [4.78, 5) is 40.3. The molecule has 0 spiro atoms. The van der Waals surface area contributed by atoms with Gasteiger partial charge in [0.2, 0.25) is 5.91 Å². The second-order valence-electron chi connectivity index (χ2n) is 9.99. The second kappa shape index (κ2) is 13.7. The van der Waals surface area contributed by atoms with Gasteiger partial charge in [-0.05, 0) is 72.8 Å². The number of thioether (sulfide) groups is 1. The zero-order valence-corrected chi connectivity index (χ0v) is 24.7. The van der Waals surface area contributed by atoms with Crippen LogP contribution in [0.1, 0.15) is 28.4 Å². The maximum atomic E-state index is 13.5. The number of hydrogen-bond acceptors (Lipinski definition) is 4. The van der Waals surface area contributed by atoms with Crippen molar-refractivity contribution in [3.05, 3.63) is 144 Å². The summed E-state index contributed by atoms with van der Waals surface area (Å²) in [6.45, 7) is 3.79. The lowest BCUT2D eigenvalue weighted by Crippen LogP contribution is -2.30. The highest BCUT2D eigenvalue weighted by atomic mass is 32.2. The van der Waals surface area contributed by atoms with Crippen LogP contribution in [0.3, 0.4) is 0 Å². The van der Waals surface area contributed by atoms with E-state index in [0.717, 1.165) is 32.5 Å². The third-order valence-corrected chi connectivity index (χ3v) is 7.93. The first-order valence-corrected chi connectivity index (χ1v) is 14.8. The first kappa shape index (κ1) is 29.4. The van der Waals surface area contributed by atoms with Gasteiger partial charge in [-0.2, -0.15) is 0 Å². The van der Waals surface area contributed by atoms with Crippen molar-refractivity contribution in [2.45, 2.75) is 24.0 Å². The van der Waals surface area contributed by atoms with E-state index in [-0.39, 0.29) is 17.5 Å². The van der Waals surface area contributed by atoms with Crippen molar-refractivity contribution in [2.24, 2.45) is 0 Å². The van der Waals surface area contributed by atoms with Crippen LogP contribution in [0.25, 0.3) is 16.8 Å². The van der Waals surface area contributed by atoms with E-state index in [4.69, 9.17) is 0 Å². The van der Waals surface area contributed by atoms with Crippen molar-refractivity contribution in [2.75, 3.05) is 10.6 Å². The first-order chi connectivity index (χ1) is 20.9. The number of carbonyl (C=O) groups excluding carboxylic acids is 3. The van der Waals surface area contributed by atoms with Crippen LogP contribution in [-0.2, 0) is 9.59 Å². The molecule has 6 nitrogen and oxygen atoms in total. The van der Waals surface area contributed by atoms with E-state index in [0.29, 0.717) is 11.3 Å². The highest BCUT2D eigenvalue weighted by Crippen LogP contribution is 2.28. The summed E-state index contributed by atoms with van der Waals surface area (Å²) in [6, 6.07) is 37.4. The predicted molar refractivity (Wildman–Crippen MR) is 176 cm³/mol. The molecule has 214 valence electrons. The highest BCUT2D eigenvalue weighted by Gasteiger charge is 2.18. The zero-order chi connectivity index (χ0) is 30.2. The molecule has 0 aromatic heterocycles. The molecule has 0 aliphatic rings. The number of anilines is 2. The minimum atomic E-state index is -0.462. The molecule has 7 heteroatoms. The first-order valence-electron chi connectivity index (χ1n) is 13.9. The number of benzene rings is 5. The second-order valence-corrected chi connectivity index (χ2v) is 11.4. The monoisotopic (exact) mass is 585 g/mol. The van der Waals surface area contributed by atoms with Crippen LogP contribution in [0.4, 0.5) is 11.4 Å². The van der Waals surface area contributed by atoms with Crippen molar-refractivity contribution < 1.29 is 14.4 Å². The number of amides is 3. The zero-order valence-electron chi connectivity index (χ0n) is 23.8. The van der Waals surface area contributed by atoms with E-state index < -0.39 is 11.2 Å². The van der Waals surface area contributed by atoms with Gasteiger partial charge in [-0.25, -0.2) is 0 Å². The topological polar surface area (TPSA) is 87.3 Å². The Labute approximate surface area is 255 Å². The van der Waals surface area contributed by atoms with Crippen molar-refractivity contribution in [3.8, 4) is 0 Å². The van der Waals surface area contributed by atoms with Gasteiger partial charge < -0.3 is 16.0 Å². The normalized spacial score (nSPS) is 11.9. The van der Waals surface area contributed by atoms with Crippen molar-refractivity contribution in [1.82, 2.24) is 5.32 Å². The number of nitrogens with one attached hydrogen (secondary N) is 3. The van der Waals surface area contributed by atoms with E-state index >= 15 is 0 Å². The molecular weight excluding hydrogens is 554 g/mol. The number of aryl methyl sites for hydroxylation is 1. The van der Waals surface area contributed by atoms with Crippen LogP contribution in [0.5, 0.6) is 0 Å². The Bertz CT molecular complexity index is 1810. The third-order valence-electron chi connectivity index (χ3n) is 6.84. The molecular formula is C36H31N3O3S. The van der Waals surface area contributed by atoms with E-state index in [9.17, 15) is 14.4 Å². The molecule has 1 atom stereocenters. The lowest BCUT2D eigenvalue weighted by atomic mass is 10.1. The van der Waals surface area contributed by atoms with E-state index in [2.05, 4.69) is 16.0 Å². The molecule has 5 rings (SSSR count). The number of hydrogen-bond donors (Lipinski definition) is 3. The molecule has 3 amide bonds. The summed E-state index contributed by atoms with van der Waals surface area (Å²) < 4.78 is 0. The van der Waals surface area contributed by atoms with Crippen LogP contribution in [0.2, 0.25) is 0 Å². The number of carbonyl (C=O) groups is 3. The number of fused-ring (bicyclic) bond motifs is 1. The van der Waals surface area contributed by atoms with Crippen LogP contribution >= 0.6 is 11.8 Å². The average Bonchev–Trinajstić information content (AvgIpc) is 3.02. The molecule has 0 fully saturated rings. The van der Waals surface area contributed by atoms with Gasteiger partial charge in [0.25, 0.3) is 11.8 Å². The van der Waals surface area contributed by atoms with Crippen LogP contribution in [0, 0.1) is 6.92 Å². The van der Waals surface area contributed by atoms with E-state index in [1.54, 1.807) is 36.4 Å². The van der Waals surface area contributed by atoms with Crippen molar-refractivity contribution in [1.29, 1.82) is 0 Å². The van der Waals surface area contributed by atoms with Crippen molar-refractivity contribution in [3.63, 3.8) is 0 Å². The largest absolute Gasteiger partial charge is 0.325 e. The molecule has 43 heavy (non-hydrogen) atoms. The molecule has 0 radical (unpaired) electrons. The van der Waals surface area contributed by atoms with Gasteiger partial charge in [0.05, 0.1) is 5.25 Å². The van der Waals surface area contributed by atoms with Crippen LogP contribution in [-0.4, -0.2) is 23.0 Å². The summed E-state index contributed by atoms with van der Waals surface area (Å²) in [7, 11) is 0. The molecule has 0 heterocycles. The fourth-order valence-electron chi connectivity index (χ4n) is 4.52. The summed E-state index contributed by atoms with van der Waals surface area (Å²) >= 11 is 1.39. The van der Waals surface area contributed by atoms with Gasteiger partial charge in [-0.15, -0.1) is 11.8 Å². The number of rotatable bonds is 9. The smallest absolute Gasteiger partial charge is 0.272 e. The van der Waals surface area contributed by atoms with Crippen LogP contribution < -0.4 is 16.0 Å². The maximum absolute atomic E-state index is 13.5. The SMILES string of the molecule is Cc1ccccc1/C=C(\NC(=O)c1ccccc1)C(=O)Nc1cccc(SC(C)C(=O)Nc2cccc3ccccc23)c1. The summed E-state index contributed by atoms with van der Waals surface area (Å²) in [5.41, 5.74) is 3.65. The average molecular weight is 586 g/mol. The molecule has 0 saturated heterocycles. The lowest BCUT2D eigenvalue weighted by molar-refractivity contribution is -0.115. The molecule has 5 aromatic carbocycles. The quantitative estimate of drug-likeness (QED) is 0.122. The Morgan fingerprint density at radius 3 is 2.26 bits per heavy atom. The fourth-order valence-corrected chi connectivity index (χ4v) is 5.45. The van der Waals surface area contributed by atoms with Gasteiger partial charge >= 0.3 is 0 Å². The van der Waals surface area contributed by atoms with Gasteiger partial charge in [-0.1, -0.05) is 84.9 Å². The Balaban J connectivity index is 1.30. The highest BCUT2D eigenvalue weighted by molar-refractivity contribution is 8.00. The van der Waals surface area contributed by atoms with Crippen molar-refractivity contribution >= 4 is 57.7 Å². The minimum absolute atomic E-state index is 0.115.